The van der Waals surface area contributed by atoms with Gasteiger partial charge in [0.1, 0.15) is 10.9 Å². The molecule has 0 saturated heterocycles. The van der Waals surface area contributed by atoms with Gasteiger partial charge in [0, 0.05) is 13.3 Å². The lowest BCUT2D eigenvalue weighted by molar-refractivity contribution is -0.138. The Morgan fingerprint density at radius 3 is 2.71 bits per heavy atom. The van der Waals surface area contributed by atoms with Crippen LogP contribution in [0.2, 0.25) is 0 Å². The topological polar surface area (TPSA) is 111 Å². The van der Waals surface area contributed by atoms with Crippen LogP contribution in [-0.2, 0) is 32.5 Å². The van der Waals surface area contributed by atoms with Crippen molar-refractivity contribution in [2.45, 2.75) is 23.9 Å². The third-order valence-corrected chi connectivity index (χ3v) is 4.75. The summed E-state index contributed by atoms with van der Waals surface area (Å²) in [6, 6.07) is 7.56. The summed E-state index contributed by atoms with van der Waals surface area (Å²) in [5, 5.41) is 13.2. The van der Waals surface area contributed by atoms with Gasteiger partial charge in [-0.05, 0) is 12.0 Å². The summed E-state index contributed by atoms with van der Waals surface area (Å²) in [5.41, 5.74) is 0.725. The summed E-state index contributed by atoms with van der Waals surface area (Å²) in [7, 11) is -2.45. The molecule has 9 heteroatoms. The number of nitrogens with one attached hydrogen (secondary N) is 1. The Morgan fingerprint density at radius 1 is 1.38 bits per heavy atom. The quantitative estimate of drug-likeness (QED) is 0.679. The number of aliphatic carboxylic acids is 1. The molecule has 1 aromatic heterocycles. The third-order valence-electron chi connectivity index (χ3n) is 3.32. The van der Waals surface area contributed by atoms with E-state index in [2.05, 4.69) is 9.82 Å². The average molecular weight is 353 g/mol. The predicted octanol–water partition coefficient (Wildman–Crippen LogP) is 0.504. The number of ether oxygens (including phenoxy) is 1. The smallest absolute Gasteiger partial charge is 0.322 e. The molecule has 24 heavy (non-hydrogen) atoms. The number of sulfonamides is 1. The first-order valence-electron chi connectivity index (χ1n) is 7.23. The van der Waals surface area contributed by atoms with E-state index in [9.17, 15) is 18.3 Å². The number of aromatic nitrogens is 2. The molecule has 0 aliphatic rings. The Labute approximate surface area is 140 Å². The van der Waals surface area contributed by atoms with Crippen molar-refractivity contribution in [2.24, 2.45) is 0 Å². The van der Waals surface area contributed by atoms with Crippen molar-refractivity contribution in [1.82, 2.24) is 14.5 Å². The highest BCUT2D eigenvalue weighted by atomic mass is 32.2. The van der Waals surface area contributed by atoms with E-state index in [-0.39, 0.29) is 11.3 Å². The first-order valence-corrected chi connectivity index (χ1v) is 8.71. The third kappa shape index (κ3) is 4.88. The van der Waals surface area contributed by atoms with Gasteiger partial charge in [0.2, 0.25) is 10.0 Å². The average Bonchev–Trinajstić information content (AvgIpc) is 3.03. The Balaban J connectivity index is 2.12. The minimum absolute atomic E-state index is 0.0488. The summed E-state index contributed by atoms with van der Waals surface area (Å²) in [6.07, 6.45) is 2.56. The van der Waals surface area contributed by atoms with Gasteiger partial charge in [0.15, 0.2) is 0 Å². The van der Waals surface area contributed by atoms with E-state index in [4.69, 9.17) is 4.74 Å². The molecular formula is C15H19N3O5S. The van der Waals surface area contributed by atoms with Crippen molar-refractivity contribution in [2.75, 3.05) is 13.7 Å². The Kier molecular flexibility index (Phi) is 6.07. The van der Waals surface area contributed by atoms with Crippen molar-refractivity contribution in [1.29, 1.82) is 0 Å². The summed E-state index contributed by atoms with van der Waals surface area (Å²) in [5.74, 6) is -1.24. The number of nitrogens with zero attached hydrogens (tertiary/aromatic N) is 2. The van der Waals surface area contributed by atoms with Crippen LogP contribution in [0, 0.1) is 0 Å². The van der Waals surface area contributed by atoms with Crippen LogP contribution >= 0.6 is 0 Å². The van der Waals surface area contributed by atoms with Crippen LogP contribution in [0.3, 0.4) is 0 Å². The number of methoxy groups -OCH3 is 1. The lowest BCUT2D eigenvalue weighted by atomic mass is 10.1. The van der Waals surface area contributed by atoms with Crippen molar-refractivity contribution in [3.63, 3.8) is 0 Å². The number of benzene rings is 1. The molecule has 0 bridgehead atoms. The van der Waals surface area contributed by atoms with Gasteiger partial charge < -0.3 is 9.84 Å². The van der Waals surface area contributed by atoms with Gasteiger partial charge in [-0.3, -0.25) is 9.48 Å². The maximum Gasteiger partial charge on any atom is 0.322 e. The van der Waals surface area contributed by atoms with E-state index in [0.717, 1.165) is 5.56 Å². The van der Waals surface area contributed by atoms with Gasteiger partial charge in [-0.15, -0.1) is 0 Å². The highest BCUT2D eigenvalue weighted by Gasteiger charge is 2.26. The monoisotopic (exact) mass is 353 g/mol. The fraction of sp³-hybridized carbons (Fsp3) is 0.333. The van der Waals surface area contributed by atoms with Crippen LogP contribution in [0.1, 0.15) is 5.56 Å². The number of hydrogen-bond acceptors (Lipinski definition) is 5. The molecule has 0 amide bonds. The zero-order valence-corrected chi connectivity index (χ0v) is 13.9. The molecule has 0 fully saturated rings. The minimum Gasteiger partial charge on any atom is -0.480 e. The molecule has 1 atom stereocenters. The normalized spacial score (nSPS) is 12.9. The van der Waals surface area contributed by atoms with Gasteiger partial charge in [-0.1, -0.05) is 30.3 Å². The van der Waals surface area contributed by atoms with Crippen LogP contribution in [-0.4, -0.2) is 49.0 Å². The highest BCUT2D eigenvalue weighted by molar-refractivity contribution is 7.89. The molecule has 0 aliphatic carbocycles. The van der Waals surface area contributed by atoms with E-state index in [1.54, 1.807) is 30.3 Å². The molecule has 0 aliphatic heterocycles. The van der Waals surface area contributed by atoms with Gasteiger partial charge in [0.25, 0.3) is 0 Å². The Bertz CT molecular complexity index is 773. The van der Waals surface area contributed by atoms with Crippen molar-refractivity contribution in [3.8, 4) is 0 Å². The molecule has 2 N–H and O–H groups in total. The second kappa shape index (κ2) is 8.04. The van der Waals surface area contributed by atoms with E-state index < -0.39 is 22.0 Å². The van der Waals surface area contributed by atoms with Gasteiger partial charge in [-0.2, -0.15) is 9.82 Å². The van der Waals surface area contributed by atoms with Crippen LogP contribution in [0.5, 0.6) is 0 Å². The molecule has 1 aromatic carbocycles. The second-order valence-corrected chi connectivity index (χ2v) is 6.85. The largest absolute Gasteiger partial charge is 0.480 e. The molecule has 2 aromatic rings. The Hall–Kier alpha value is -2.23. The van der Waals surface area contributed by atoms with Gasteiger partial charge in [-0.25, -0.2) is 8.42 Å². The fourth-order valence-electron chi connectivity index (χ4n) is 2.07. The highest BCUT2D eigenvalue weighted by Crippen LogP contribution is 2.10. The molecule has 8 nitrogen and oxygen atoms in total. The summed E-state index contributed by atoms with van der Waals surface area (Å²) >= 11 is 0. The van der Waals surface area contributed by atoms with Crippen LogP contribution in [0.15, 0.2) is 47.6 Å². The van der Waals surface area contributed by atoms with Crippen LogP contribution < -0.4 is 4.72 Å². The van der Waals surface area contributed by atoms with Gasteiger partial charge in [0.05, 0.1) is 19.3 Å². The summed E-state index contributed by atoms with van der Waals surface area (Å²) in [4.78, 5) is 11.3. The maximum atomic E-state index is 12.4. The fourth-order valence-corrected chi connectivity index (χ4v) is 3.22. The van der Waals surface area contributed by atoms with E-state index in [0.29, 0.717) is 13.2 Å². The number of rotatable bonds is 9. The summed E-state index contributed by atoms with van der Waals surface area (Å²) < 4.78 is 33.3. The van der Waals surface area contributed by atoms with Gasteiger partial charge >= 0.3 is 5.97 Å². The lowest BCUT2D eigenvalue weighted by Gasteiger charge is -2.14. The molecule has 0 spiro atoms. The van der Waals surface area contributed by atoms with Crippen LogP contribution in [0.4, 0.5) is 0 Å². The van der Waals surface area contributed by atoms with Crippen molar-refractivity contribution in [3.05, 3.63) is 48.3 Å². The molecular weight excluding hydrogens is 334 g/mol. The molecule has 0 radical (unpaired) electrons. The van der Waals surface area contributed by atoms with Crippen LogP contribution in [0.25, 0.3) is 0 Å². The number of carbonyl (C=O) groups is 1. The number of carboxylic acids is 1. The Morgan fingerprint density at radius 2 is 2.08 bits per heavy atom. The maximum absolute atomic E-state index is 12.4. The van der Waals surface area contributed by atoms with E-state index in [1.807, 2.05) is 0 Å². The van der Waals surface area contributed by atoms with E-state index >= 15 is 0 Å². The number of carboxylic acid groups (broad SMARTS) is 1. The number of hydrogen-bond donors (Lipinski definition) is 2. The van der Waals surface area contributed by atoms with E-state index in [1.165, 1.54) is 24.2 Å². The standard InChI is InChI=1S/C15H19N3O5S/c1-23-8-7-18-11-13(10-16-18)24(21,22)17-14(15(19)20)9-12-5-3-2-4-6-12/h2-6,10-11,14,17H,7-9H2,1H3,(H,19,20)/t14-/m0/s1. The first-order chi connectivity index (χ1) is 11.4. The lowest BCUT2D eigenvalue weighted by Crippen LogP contribution is -2.42. The second-order valence-electron chi connectivity index (χ2n) is 5.13. The van der Waals surface area contributed by atoms with Crippen molar-refractivity contribution < 1.29 is 23.1 Å². The zero-order valence-electron chi connectivity index (χ0n) is 13.1. The minimum atomic E-state index is -3.98. The molecule has 1 heterocycles. The molecule has 0 saturated carbocycles. The van der Waals surface area contributed by atoms with Crippen molar-refractivity contribution >= 4 is 16.0 Å². The summed E-state index contributed by atoms with van der Waals surface area (Å²) in [6.45, 7) is 0.790. The predicted molar refractivity (Wildman–Crippen MR) is 86.0 cm³/mol. The molecule has 130 valence electrons. The SMILES string of the molecule is COCCn1cc(S(=O)(=O)N[C@@H](Cc2ccccc2)C(=O)O)cn1. The zero-order chi connectivity index (χ0) is 17.6. The first kappa shape index (κ1) is 18.1. The molecule has 0 unspecified atom stereocenters. The molecule has 2 rings (SSSR count).